The fourth-order valence-corrected chi connectivity index (χ4v) is 6.41. The van der Waals surface area contributed by atoms with E-state index in [4.69, 9.17) is 9.72 Å². The minimum atomic E-state index is -3.54. The summed E-state index contributed by atoms with van der Waals surface area (Å²) in [5, 5.41) is 1.22. The van der Waals surface area contributed by atoms with Gasteiger partial charge in [0.15, 0.2) is 5.16 Å². The van der Waals surface area contributed by atoms with Gasteiger partial charge in [-0.25, -0.2) is 13.4 Å². The van der Waals surface area contributed by atoms with Crippen molar-refractivity contribution in [3.05, 3.63) is 54.1 Å². The molecule has 30 heavy (non-hydrogen) atoms. The van der Waals surface area contributed by atoms with E-state index in [1.54, 1.807) is 23.9 Å². The highest BCUT2D eigenvalue weighted by molar-refractivity contribution is 7.99. The third-order valence-corrected chi connectivity index (χ3v) is 8.71. The molecule has 6 nitrogen and oxygen atoms in total. The van der Waals surface area contributed by atoms with Crippen molar-refractivity contribution in [3.8, 4) is 0 Å². The number of fused-ring (bicyclic) bond motifs is 1. The molecule has 0 bridgehead atoms. The van der Waals surface area contributed by atoms with E-state index >= 15 is 0 Å². The Bertz CT molecular complexity index is 1110. The van der Waals surface area contributed by atoms with Gasteiger partial charge in [-0.15, -0.1) is 0 Å². The van der Waals surface area contributed by atoms with Crippen LogP contribution in [0.1, 0.15) is 31.1 Å². The highest BCUT2D eigenvalue weighted by Gasteiger charge is 2.27. The molecule has 1 aliphatic rings. The lowest BCUT2D eigenvalue weighted by atomic mass is 10.1. The maximum absolute atomic E-state index is 13.0. The molecule has 1 aromatic heterocycles. The van der Waals surface area contributed by atoms with Gasteiger partial charge in [-0.05, 0) is 37.1 Å². The lowest BCUT2D eigenvalue weighted by Gasteiger charge is -2.26. The third kappa shape index (κ3) is 4.14. The number of nitrogens with zero attached hydrogens (tertiary/aromatic N) is 3. The van der Waals surface area contributed by atoms with E-state index < -0.39 is 10.0 Å². The van der Waals surface area contributed by atoms with Crippen LogP contribution in [0.15, 0.2) is 58.6 Å². The number of ether oxygens (including phenoxy) is 1. The molecule has 3 aromatic rings. The zero-order chi connectivity index (χ0) is 21.1. The normalized spacial score (nSPS) is 16.7. The third-order valence-electron chi connectivity index (χ3n) is 5.40. The molecule has 2 heterocycles. The van der Waals surface area contributed by atoms with Gasteiger partial charge in [0, 0.05) is 24.9 Å². The van der Waals surface area contributed by atoms with Gasteiger partial charge in [-0.3, -0.25) is 0 Å². The fourth-order valence-electron chi connectivity index (χ4n) is 3.76. The first kappa shape index (κ1) is 21.4. The number of morpholine rings is 1. The van der Waals surface area contributed by atoms with Crippen LogP contribution in [0.5, 0.6) is 0 Å². The Kier molecular flexibility index (Phi) is 6.48. The van der Waals surface area contributed by atoms with Crippen molar-refractivity contribution in [3.63, 3.8) is 0 Å². The first-order valence-corrected chi connectivity index (χ1v) is 12.7. The summed E-state index contributed by atoms with van der Waals surface area (Å²) in [5.74, 6) is 0. The predicted molar refractivity (Wildman–Crippen MR) is 120 cm³/mol. The summed E-state index contributed by atoms with van der Waals surface area (Å²) in [5.41, 5.74) is 2.95. The Morgan fingerprint density at radius 3 is 2.50 bits per heavy atom. The minimum absolute atomic E-state index is 0.296. The van der Waals surface area contributed by atoms with Crippen molar-refractivity contribution in [2.24, 2.45) is 0 Å². The van der Waals surface area contributed by atoms with Crippen LogP contribution in [0.25, 0.3) is 11.0 Å². The molecule has 0 N–H and O–H groups in total. The summed E-state index contributed by atoms with van der Waals surface area (Å²) in [4.78, 5) is 5.13. The van der Waals surface area contributed by atoms with Gasteiger partial charge in [-0.1, -0.05) is 49.0 Å². The Morgan fingerprint density at radius 1 is 1.10 bits per heavy atom. The molecule has 1 aliphatic heterocycles. The molecule has 0 aliphatic carbocycles. The fraction of sp³-hybridized carbons (Fsp3) is 0.409. The number of rotatable bonds is 7. The minimum Gasteiger partial charge on any atom is -0.379 e. The molecule has 0 radical (unpaired) electrons. The highest BCUT2D eigenvalue weighted by Crippen LogP contribution is 2.38. The van der Waals surface area contributed by atoms with Crippen LogP contribution in [-0.4, -0.2) is 48.6 Å². The van der Waals surface area contributed by atoms with Gasteiger partial charge >= 0.3 is 0 Å². The number of hydrogen-bond acceptors (Lipinski definition) is 5. The van der Waals surface area contributed by atoms with E-state index in [2.05, 4.69) is 42.7 Å². The van der Waals surface area contributed by atoms with Gasteiger partial charge in [-0.2, -0.15) is 4.31 Å². The van der Waals surface area contributed by atoms with Crippen molar-refractivity contribution < 1.29 is 13.2 Å². The predicted octanol–water partition coefficient (Wildman–Crippen LogP) is 4.32. The number of imidazole rings is 1. The Labute approximate surface area is 182 Å². The van der Waals surface area contributed by atoms with E-state index in [1.807, 2.05) is 12.1 Å². The van der Waals surface area contributed by atoms with E-state index in [-0.39, 0.29) is 0 Å². The Hall–Kier alpha value is -1.87. The van der Waals surface area contributed by atoms with Crippen LogP contribution in [0.2, 0.25) is 0 Å². The molecule has 1 fully saturated rings. The quantitative estimate of drug-likeness (QED) is 0.507. The lowest BCUT2D eigenvalue weighted by molar-refractivity contribution is 0.0730. The van der Waals surface area contributed by atoms with Crippen molar-refractivity contribution >= 4 is 32.8 Å². The van der Waals surface area contributed by atoms with Crippen LogP contribution in [-0.2, 0) is 21.3 Å². The van der Waals surface area contributed by atoms with Crippen molar-refractivity contribution in [1.82, 2.24) is 13.9 Å². The number of aryl methyl sites for hydroxylation is 1. The van der Waals surface area contributed by atoms with Crippen molar-refractivity contribution in [2.75, 3.05) is 26.3 Å². The van der Waals surface area contributed by atoms with E-state index in [1.165, 1.54) is 9.87 Å². The second-order valence-corrected chi connectivity index (χ2v) is 10.3. The zero-order valence-corrected chi connectivity index (χ0v) is 19.0. The van der Waals surface area contributed by atoms with E-state index in [0.29, 0.717) is 36.4 Å². The standard InChI is InChI=1S/C22H27N3O3S2/c1-3-21(17-8-6-5-7-9-17)29-22-23-19-16-18(10-11-20(19)25(22)4-2)30(26,27)24-12-14-28-15-13-24/h5-11,16,21H,3-4,12-15H2,1-2H3. The largest absolute Gasteiger partial charge is 0.379 e. The molecular formula is C22H27N3O3S2. The number of thioether (sulfide) groups is 1. The van der Waals surface area contributed by atoms with E-state index in [9.17, 15) is 8.42 Å². The van der Waals surface area contributed by atoms with Crippen LogP contribution < -0.4 is 0 Å². The molecule has 0 spiro atoms. The molecule has 2 aromatic carbocycles. The summed E-state index contributed by atoms with van der Waals surface area (Å²) in [7, 11) is -3.54. The number of benzene rings is 2. The molecule has 0 saturated carbocycles. The summed E-state index contributed by atoms with van der Waals surface area (Å²) in [6, 6.07) is 15.7. The first-order valence-electron chi connectivity index (χ1n) is 10.3. The van der Waals surface area contributed by atoms with Crippen LogP contribution >= 0.6 is 11.8 Å². The lowest BCUT2D eigenvalue weighted by Crippen LogP contribution is -2.40. The summed E-state index contributed by atoms with van der Waals surface area (Å²) in [6.07, 6.45) is 0.984. The van der Waals surface area contributed by atoms with Gasteiger partial charge < -0.3 is 9.30 Å². The molecule has 1 saturated heterocycles. The van der Waals surface area contributed by atoms with Gasteiger partial charge in [0.25, 0.3) is 0 Å². The van der Waals surface area contributed by atoms with Gasteiger partial charge in [0.05, 0.1) is 29.1 Å². The Balaban J connectivity index is 1.68. The maximum Gasteiger partial charge on any atom is 0.243 e. The Morgan fingerprint density at radius 2 is 1.83 bits per heavy atom. The molecule has 1 atom stereocenters. The van der Waals surface area contributed by atoms with Crippen molar-refractivity contribution in [1.29, 1.82) is 0 Å². The SMILES string of the molecule is CCC(Sc1nc2cc(S(=O)(=O)N3CCOCC3)ccc2n1CC)c1ccccc1. The molecule has 0 amide bonds. The van der Waals surface area contributed by atoms with Crippen LogP contribution in [0, 0.1) is 0 Å². The summed E-state index contributed by atoms with van der Waals surface area (Å²) < 4.78 is 35.0. The maximum atomic E-state index is 13.0. The number of hydrogen-bond donors (Lipinski definition) is 0. The molecule has 8 heteroatoms. The molecule has 4 rings (SSSR count). The van der Waals surface area contributed by atoms with Gasteiger partial charge in [0.1, 0.15) is 0 Å². The second kappa shape index (κ2) is 9.09. The van der Waals surface area contributed by atoms with Crippen molar-refractivity contribution in [2.45, 2.75) is 42.1 Å². The topological polar surface area (TPSA) is 64.4 Å². The number of aromatic nitrogens is 2. The summed E-state index contributed by atoms with van der Waals surface area (Å²) in [6.45, 7) is 6.69. The van der Waals surface area contributed by atoms with Crippen LogP contribution in [0.3, 0.4) is 0 Å². The smallest absolute Gasteiger partial charge is 0.243 e. The monoisotopic (exact) mass is 445 g/mol. The molecular weight excluding hydrogens is 418 g/mol. The van der Waals surface area contributed by atoms with Crippen LogP contribution in [0.4, 0.5) is 0 Å². The van der Waals surface area contributed by atoms with E-state index in [0.717, 1.165) is 29.2 Å². The summed E-state index contributed by atoms with van der Waals surface area (Å²) >= 11 is 1.74. The second-order valence-electron chi connectivity index (χ2n) is 7.23. The number of sulfonamides is 1. The van der Waals surface area contributed by atoms with Gasteiger partial charge in [0.2, 0.25) is 10.0 Å². The average Bonchev–Trinajstić information content (AvgIpc) is 3.14. The highest BCUT2D eigenvalue weighted by atomic mass is 32.2. The first-order chi connectivity index (χ1) is 14.5. The average molecular weight is 446 g/mol. The zero-order valence-electron chi connectivity index (χ0n) is 17.3. The molecule has 1 unspecified atom stereocenters. The molecule has 160 valence electrons.